The molecule has 2 amide bonds. The number of rotatable bonds is 8. The first-order valence-electron chi connectivity index (χ1n) is 11.3. The van der Waals surface area contributed by atoms with Gasteiger partial charge >= 0.3 is 0 Å². The number of nitrogens with one attached hydrogen (secondary N) is 1. The largest absolute Gasteiger partial charge is 0.393 e. The third kappa shape index (κ3) is 4.21. The fourth-order valence-electron chi connectivity index (χ4n) is 5.42. The van der Waals surface area contributed by atoms with Crippen molar-refractivity contribution in [1.29, 1.82) is 0 Å². The lowest BCUT2D eigenvalue weighted by Crippen LogP contribution is -2.63. The molecule has 0 bridgehead atoms. The molecule has 5 heterocycles. The first-order valence-corrected chi connectivity index (χ1v) is 14.0. The minimum Gasteiger partial charge on any atom is -0.393 e. The second kappa shape index (κ2) is 9.19. The first kappa shape index (κ1) is 24.2. The van der Waals surface area contributed by atoms with E-state index in [0.29, 0.717) is 17.0 Å². The second-order valence-electron chi connectivity index (χ2n) is 9.35. The molecule has 2 saturated heterocycles. The maximum atomic E-state index is 12.6. The van der Waals surface area contributed by atoms with E-state index in [-0.39, 0.29) is 34.1 Å². The van der Waals surface area contributed by atoms with Gasteiger partial charge in [0.15, 0.2) is 6.54 Å². The minimum absolute atomic E-state index is 0.0427. The molecule has 2 fully saturated rings. The summed E-state index contributed by atoms with van der Waals surface area (Å²) in [4.78, 5) is 41.2. The van der Waals surface area contributed by atoms with Crippen LogP contribution in [0, 0.1) is 11.8 Å². The SMILES string of the molecule is C[C@@H](O)[C@H]1C(=O)N2C(C(=O)I)=C(S[C@@H]3CN[C@H](Cc4cn5c[n+](CC(N)=O)cc5s4)C3)[C@H](C)[C@H]12. The molecule has 4 N–H and O–H groups in total. The number of carbonyl (C=O) groups is 3. The number of amides is 2. The van der Waals surface area contributed by atoms with Gasteiger partial charge in [0.25, 0.3) is 5.91 Å². The summed E-state index contributed by atoms with van der Waals surface area (Å²) in [6.07, 6.45) is 7.07. The van der Waals surface area contributed by atoms with E-state index in [2.05, 4.69) is 18.4 Å². The Bertz CT molecular complexity index is 1180. The number of hydrogen-bond acceptors (Lipinski definition) is 7. The quantitative estimate of drug-likeness (QED) is 0.175. The highest BCUT2D eigenvalue weighted by molar-refractivity contribution is 14.1. The molecule has 34 heavy (non-hydrogen) atoms. The number of primary amides is 1. The molecule has 2 aromatic heterocycles. The zero-order valence-electron chi connectivity index (χ0n) is 18.8. The average molecular weight is 617 g/mol. The molecule has 0 spiro atoms. The number of nitrogens with zero attached hydrogens (tertiary/aromatic N) is 3. The van der Waals surface area contributed by atoms with Crippen LogP contribution in [0.1, 0.15) is 25.1 Å². The fourth-order valence-corrected chi connectivity index (χ4v) is 8.79. The normalized spacial score (nSPS) is 29.6. The van der Waals surface area contributed by atoms with Crippen molar-refractivity contribution in [2.45, 2.75) is 56.7 Å². The Balaban J connectivity index is 1.24. The van der Waals surface area contributed by atoms with Gasteiger partial charge in [-0.05, 0) is 13.3 Å². The van der Waals surface area contributed by atoms with Gasteiger partial charge in [-0.2, -0.15) is 4.40 Å². The van der Waals surface area contributed by atoms with E-state index in [1.807, 2.05) is 16.9 Å². The summed E-state index contributed by atoms with van der Waals surface area (Å²) in [6, 6.07) is 0.208. The van der Waals surface area contributed by atoms with Crippen molar-refractivity contribution in [3.05, 3.63) is 34.2 Å². The Kier molecular flexibility index (Phi) is 6.55. The van der Waals surface area contributed by atoms with Crippen molar-refractivity contribution in [1.82, 2.24) is 14.6 Å². The highest BCUT2D eigenvalue weighted by Gasteiger charge is 2.59. The maximum Gasteiger partial charge on any atom is 0.259 e. The van der Waals surface area contributed by atoms with E-state index in [0.717, 1.165) is 29.1 Å². The number of aliphatic hydroxyl groups is 1. The summed E-state index contributed by atoms with van der Waals surface area (Å²) >= 11 is 5.19. The van der Waals surface area contributed by atoms with Crippen LogP contribution in [0.3, 0.4) is 0 Å². The first-order chi connectivity index (χ1) is 16.1. The Labute approximate surface area is 218 Å². The number of allylic oxidation sites excluding steroid dienone is 1. The van der Waals surface area contributed by atoms with Crippen LogP contribution in [0.5, 0.6) is 0 Å². The number of thiazole rings is 1. The van der Waals surface area contributed by atoms with E-state index in [4.69, 9.17) is 5.73 Å². The van der Waals surface area contributed by atoms with E-state index < -0.39 is 12.0 Å². The van der Waals surface area contributed by atoms with Gasteiger partial charge in [-0.15, -0.1) is 11.8 Å². The van der Waals surface area contributed by atoms with Crippen LogP contribution >= 0.6 is 45.7 Å². The molecule has 5 rings (SSSR count). The summed E-state index contributed by atoms with van der Waals surface area (Å²) in [5, 5.41) is 14.0. The molecule has 6 atom stereocenters. The van der Waals surface area contributed by atoms with Crippen LogP contribution in [0.4, 0.5) is 0 Å². The van der Waals surface area contributed by atoms with Crippen LogP contribution in [0.25, 0.3) is 4.83 Å². The maximum absolute atomic E-state index is 12.6. The van der Waals surface area contributed by atoms with Crippen LogP contribution in [0.2, 0.25) is 0 Å². The molecular formula is C22H27IN5O4S2+. The molecule has 3 aliphatic rings. The number of aromatic nitrogens is 2. The molecular weight excluding hydrogens is 589 g/mol. The number of carbonyl (C=O) groups excluding carboxylic acids is 3. The molecule has 0 saturated carbocycles. The topological polar surface area (TPSA) is 121 Å². The van der Waals surface area contributed by atoms with Gasteiger partial charge in [-0.25, -0.2) is 4.57 Å². The Morgan fingerprint density at radius 1 is 1.47 bits per heavy atom. The lowest BCUT2D eigenvalue weighted by molar-refractivity contribution is -0.682. The molecule has 0 radical (unpaired) electrons. The standard InChI is InChI=1S/C22H26IN5O4S2/c1-10-18-17(11(2)29)22(32)28(18)19(21(23)31)20(10)34-13-3-12(25-5-13)4-14-6-27-9-26(7-15(24)30)8-16(27)33-14/h6,8-13,17-18,25,29H,3-5,7H2,1-2H3,(H-,24,30)/p+1/t10-,11-,12+,13+,17-,18-/m1/s1. The van der Waals surface area contributed by atoms with Gasteiger partial charge in [0, 0.05) is 62.5 Å². The number of aliphatic hydroxyl groups excluding tert-OH is 1. The summed E-state index contributed by atoms with van der Waals surface area (Å²) < 4.78 is 3.70. The highest BCUT2D eigenvalue weighted by Crippen LogP contribution is 2.52. The molecule has 3 aliphatic heterocycles. The van der Waals surface area contributed by atoms with Crippen LogP contribution in [-0.4, -0.2) is 60.0 Å². The molecule has 0 aliphatic carbocycles. The number of hydrogen-bond donors (Lipinski definition) is 3. The number of β-lactam (4-membered cyclic amide) rings is 1. The van der Waals surface area contributed by atoms with Gasteiger partial charge in [0.05, 0.1) is 18.1 Å². The molecule has 2 aromatic rings. The van der Waals surface area contributed by atoms with Gasteiger partial charge in [0.1, 0.15) is 18.1 Å². The Morgan fingerprint density at radius 2 is 2.24 bits per heavy atom. The smallest absolute Gasteiger partial charge is 0.259 e. The summed E-state index contributed by atoms with van der Waals surface area (Å²) in [5.41, 5.74) is 5.80. The van der Waals surface area contributed by atoms with Gasteiger partial charge in [0.2, 0.25) is 20.9 Å². The lowest BCUT2D eigenvalue weighted by Gasteiger charge is -2.46. The molecule has 182 valence electrons. The third-order valence-electron chi connectivity index (χ3n) is 6.88. The number of nitrogens with two attached hydrogens (primary N) is 1. The monoisotopic (exact) mass is 616 g/mol. The molecule has 0 unspecified atom stereocenters. The number of imidazole rings is 1. The molecule has 9 nitrogen and oxygen atoms in total. The summed E-state index contributed by atoms with van der Waals surface area (Å²) in [7, 11) is 0. The van der Waals surface area contributed by atoms with Crippen LogP contribution < -0.4 is 15.6 Å². The minimum atomic E-state index is -0.716. The van der Waals surface area contributed by atoms with E-state index >= 15 is 0 Å². The van der Waals surface area contributed by atoms with Gasteiger partial charge in [-0.3, -0.25) is 14.4 Å². The predicted molar refractivity (Wildman–Crippen MR) is 137 cm³/mol. The van der Waals surface area contributed by atoms with Gasteiger partial charge < -0.3 is 21.1 Å². The zero-order chi connectivity index (χ0) is 24.3. The zero-order valence-corrected chi connectivity index (χ0v) is 22.6. The number of halogens is 1. The Hall–Kier alpha value is -1.48. The van der Waals surface area contributed by atoms with Crippen molar-refractivity contribution in [3.8, 4) is 0 Å². The predicted octanol–water partition coefficient (Wildman–Crippen LogP) is 0.810. The number of fused-ring (bicyclic) bond motifs is 2. The van der Waals surface area contributed by atoms with Crippen molar-refractivity contribution in [2.24, 2.45) is 17.6 Å². The van der Waals surface area contributed by atoms with E-state index in [1.54, 1.807) is 62.1 Å². The molecule has 0 aromatic carbocycles. The summed E-state index contributed by atoms with van der Waals surface area (Å²) in [6.45, 7) is 4.73. The third-order valence-corrected chi connectivity index (χ3v) is 9.96. The van der Waals surface area contributed by atoms with Crippen LogP contribution in [0.15, 0.2) is 29.3 Å². The summed E-state index contributed by atoms with van der Waals surface area (Å²) in [5.74, 6) is -0.895. The van der Waals surface area contributed by atoms with Crippen molar-refractivity contribution < 1.29 is 24.1 Å². The van der Waals surface area contributed by atoms with Gasteiger partial charge in [-0.1, -0.05) is 18.3 Å². The average Bonchev–Trinajstić information content (AvgIpc) is 3.45. The number of thioether (sulfide) groups is 1. The molecule has 12 heteroatoms. The van der Waals surface area contributed by atoms with E-state index in [9.17, 15) is 19.5 Å². The van der Waals surface area contributed by atoms with E-state index in [1.165, 1.54) is 4.88 Å². The fraction of sp³-hybridized carbons (Fsp3) is 0.545. The van der Waals surface area contributed by atoms with Crippen molar-refractivity contribution >= 4 is 66.1 Å². The van der Waals surface area contributed by atoms with Crippen molar-refractivity contribution in [2.75, 3.05) is 6.54 Å². The second-order valence-corrected chi connectivity index (χ2v) is 12.8. The van der Waals surface area contributed by atoms with Crippen molar-refractivity contribution in [3.63, 3.8) is 0 Å². The lowest BCUT2D eigenvalue weighted by atomic mass is 9.79. The Morgan fingerprint density at radius 3 is 2.88 bits per heavy atom. The van der Waals surface area contributed by atoms with Crippen LogP contribution in [-0.2, 0) is 27.3 Å². The highest BCUT2D eigenvalue weighted by atomic mass is 127.